The van der Waals surface area contributed by atoms with E-state index in [1.165, 1.54) is 6.92 Å². The molecule has 0 saturated carbocycles. The van der Waals surface area contributed by atoms with E-state index in [9.17, 15) is 9.90 Å². The van der Waals surface area contributed by atoms with Gasteiger partial charge in [-0.3, -0.25) is 0 Å². The Bertz CT molecular complexity index is 212. The van der Waals surface area contributed by atoms with Crippen LogP contribution in [0, 0.1) is 0 Å². The van der Waals surface area contributed by atoms with E-state index < -0.39 is 5.97 Å². The van der Waals surface area contributed by atoms with Crippen LogP contribution in [0.1, 0.15) is 19.8 Å². The molecule has 0 saturated heterocycles. The zero-order chi connectivity index (χ0) is 9.56. The first kappa shape index (κ1) is 10.7. The number of carboxylic acid groups (broad SMARTS) is 1. The Labute approximate surface area is 72.9 Å². The summed E-state index contributed by atoms with van der Waals surface area (Å²) >= 11 is 0. The van der Waals surface area contributed by atoms with Crippen molar-refractivity contribution in [2.24, 2.45) is 0 Å². The molecule has 0 spiro atoms. The maximum atomic E-state index is 10.5. The van der Waals surface area contributed by atoms with Gasteiger partial charge < -0.3 is 9.90 Å². The predicted octanol–water partition coefficient (Wildman–Crippen LogP) is 1.20. The normalized spacial score (nSPS) is 8.75. The molecule has 0 aromatic carbocycles. The third-order valence-electron chi connectivity index (χ3n) is 1.62. The summed E-state index contributed by atoms with van der Waals surface area (Å²) in [4.78, 5) is 10.5. The van der Waals surface area contributed by atoms with Gasteiger partial charge in [-0.25, -0.2) is 0 Å². The minimum atomic E-state index is -1.12. The Morgan fingerprint density at radius 3 is 2.00 bits per heavy atom. The van der Waals surface area contributed by atoms with Crippen molar-refractivity contribution in [2.75, 3.05) is 0 Å². The molecule has 0 amide bonds. The van der Waals surface area contributed by atoms with Gasteiger partial charge in [0.15, 0.2) is 0 Å². The largest absolute Gasteiger partial charge is 0.545 e. The van der Waals surface area contributed by atoms with Gasteiger partial charge >= 0.3 is 0 Å². The maximum Gasteiger partial charge on any atom is 0.0671 e. The smallest absolute Gasteiger partial charge is 0.0671 e. The highest BCUT2D eigenvalue weighted by Gasteiger charge is 1.99. The number of hydrogen-bond acceptors (Lipinski definition) is 2. The van der Waals surface area contributed by atoms with Crippen molar-refractivity contribution in [3.63, 3.8) is 0 Å². The van der Waals surface area contributed by atoms with Crippen molar-refractivity contribution in [1.29, 1.82) is 0 Å². The van der Waals surface area contributed by atoms with Crippen LogP contribution in [0.15, 0.2) is 36.5 Å². The molecule has 0 atom stereocenters. The first-order valence-electron chi connectivity index (χ1n) is 3.75. The molecule has 0 aliphatic carbocycles. The molecule has 66 valence electrons. The molecule has 0 aliphatic heterocycles. The van der Waals surface area contributed by atoms with Crippen LogP contribution in [-0.2, 0) is 4.79 Å². The van der Waals surface area contributed by atoms with Gasteiger partial charge in [-0.1, -0.05) is 17.7 Å². The van der Waals surface area contributed by atoms with Crippen LogP contribution < -0.4 is 5.11 Å². The number of rotatable bonds is 5. The van der Waals surface area contributed by atoms with E-state index in [2.05, 4.69) is 13.2 Å². The van der Waals surface area contributed by atoms with Crippen molar-refractivity contribution in [1.82, 2.24) is 0 Å². The van der Waals surface area contributed by atoms with Gasteiger partial charge in [0, 0.05) is 0 Å². The van der Waals surface area contributed by atoms with Crippen molar-refractivity contribution in [2.45, 2.75) is 19.8 Å². The van der Waals surface area contributed by atoms with Gasteiger partial charge in [0.1, 0.15) is 0 Å². The van der Waals surface area contributed by atoms with Gasteiger partial charge in [0.05, 0.1) is 5.97 Å². The van der Waals surface area contributed by atoms with Crippen LogP contribution in [-0.4, -0.2) is 5.97 Å². The van der Waals surface area contributed by atoms with Crippen LogP contribution in [0.5, 0.6) is 0 Å². The lowest BCUT2D eigenvalue weighted by molar-refractivity contribution is -0.299. The summed E-state index contributed by atoms with van der Waals surface area (Å²) < 4.78 is 0. The Morgan fingerprint density at radius 1 is 1.33 bits per heavy atom. The number of carbonyl (C=O) groups is 1. The van der Waals surface area contributed by atoms with Crippen LogP contribution in [0.3, 0.4) is 0 Å². The van der Waals surface area contributed by atoms with Gasteiger partial charge in [0.25, 0.3) is 0 Å². The van der Waals surface area contributed by atoms with E-state index in [0.29, 0.717) is 12.8 Å². The fraction of sp³-hybridized carbons (Fsp3) is 0.300. The fourth-order valence-electron chi connectivity index (χ4n) is 0.882. The summed E-state index contributed by atoms with van der Waals surface area (Å²) in [5, 5.41) is 10.5. The highest BCUT2D eigenvalue weighted by molar-refractivity contribution is 5.85. The van der Waals surface area contributed by atoms with Crippen LogP contribution >= 0.6 is 0 Å². The monoisotopic (exact) mass is 165 g/mol. The molecule has 12 heavy (non-hydrogen) atoms. The first-order chi connectivity index (χ1) is 5.63. The second-order valence-electron chi connectivity index (χ2n) is 2.50. The third kappa shape index (κ3) is 3.19. The Kier molecular flexibility index (Phi) is 4.77. The van der Waals surface area contributed by atoms with E-state index in [1.807, 2.05) is 0 Å². The molecule has 0 rings (SSSR count). The molecular weight excluding hydrogens is 152 g/mol. The van der Waals surface area contributed by atoms with Crippen molar-refractivity contribution < 1.29 is 9.90 Å². The highest BCUT2D eigenvalue weighted by atomic mass is 16.4. The van der Waals surface area contributed by atoms with Crippen LogP contribution in [0.4, 0.5) is 0 Å². The molecule has 2 nitrogen and oxygen atoms in total. The summed E-state index contributed by atoms with van der Waals surface area (Å²) in [6.45, 7) is 8.62. The van der Waals surface area contributed by atoms with Gasteiger partial charge in [-0.2, -0.15) is 0 Å². The Morgan fingerprint density at radius 2 is 1.75 bits per heavy atom. The summed E-state index contributed by atoms with van der Waals surface area (Å²) in [7, 11) is 0. The van der Waals surface area contributed by atoms with E-state index in [-0.39, 0.29) is 5.57 Å². The molecule has 0 aromatic rings. The Hall–Kier alpha value is -1.31. The van der Waals surface area contributed by atoms with Gasteiger partial charge in [0.2, 0.25) is 0 Å². The maximum absolute atomic E-state index is 10.5. The summed E-state index contributed by atoms with van der Waals surface area (Å²) in [5.74, 6) is -1.12. The molecule has 0 bridgehead atoms. The number of hydrogen-bond donors (Lipinski definition) is 0. The zero-order valence-electron chi connectivity index (χ0n) is 7.30. The minimum absolute atomic E-state index is 0.287. The summed E-state index contributed by atoms with van der Waals surface area (Å²) in [6, 6.07) is 0. The fourth-order valence-corrected chi connectivity index (χ4v) is 0.882. The summed E-state index contributed by atoms with van der Waals surface area (Å²) in [5.41, 5.74) is 1.09. The minimum Gasteiger partial charge on any atom is -0.545 e. The SMILES string of the molecule is C=CCC(CC=C)=C(C)C(=O)[O-]. The quantitative estimate of drug-likeness (QED) is 0.453. The second-order valence-corrected chi connectivity index (χ2v) is 2.50. The van der Waals surface area contributed by atoms with Crippen molar-refractivity contribution in [3.8, 4) is 0 Å². The number of carboxylic acids is 1. The van der Waals surface area contributed by atoms with Gasteiger partial charge in [-0.15, -0.1) is 13.2 Å². The lowest BCUT2D eigenvalue weighted by Crippen LogP contribution is -2.24. The molecule has 0 heterocycles. The molecule has 0 unspecified atom stereocenters. The number of aliphatic carboxylic acids is 1. The average Bonchev–Trinajstić information content (AvgIpc) is 2.03. The molecule has 0 aliphatic rings. The third-order valence-corrected chi connectivity index (χ3v) is 1.62. The molecule has 0 radical (unpaired) electrons. The van der Waals surface area contributed by atoms with E-state index in [1.54, 1.807) is 12.2 Å². The number of carbonyl (C=O) groups excluding carboxylic acids is 1. The van der Waals surface area contributed by atoms with Crippen LogP contribution in [0.2, 0.25) is 0 Å². The zero-order valence-corrected chi connectivity index (χ0v) is 7.30. The lowest BCUT2D eigenvalue weighted by atomic mass is 10.0. The average molecular weight is 165 g/mol. The van der Waals surface area contributed by atoms with Crippen molar-refractivity contribution in [3.05, 3.63) is 36.5 Å². The first-order valence-corrected chi connectivity index (χ1v) is 3.75. The van der Waals surface area contributed by atoms with Gasteiger partial charge in [-0.05, 0) is 25.3 Å². The topological polar surface area (TPSA) is 40.1 Å². The standard InChI is InChI=1S/C10H14O2/c1-4-6-9(7-5-2)8(3)10(11)12/h4-5H,1-2,6-7H2,3H3,(H,11,12)/p-1. The predicted molar refractivity (Wildman–Crippen MR) is 47.3 cm³/mol. The van der Waals surface area contributed by atoms with E-state index in [4.69, 9.17) is 0 Å². The highest BCUT2D eigenvalue weighted by Crippen LogP contribution is 2.13. The van der Waals surface area contributed by atoms with Crippen molar-refractivity contribution >= 4 is 5.97 Å². The molecular formula is C10H13O2-. The van der Waals surface area contributed by atoms with E-state index in [0.717, 1.165) is 5.57 Å². The molecule has 0 fully saturated rings. The lowest BCUT2D eigenvalue weighted by Gasteiger charge is -2.08. The summed E-state index contributed by atoms with van der Waals surface area (Å²) in [6.07, 6.45) is 4.49. The molecule has 0 N–H and O–H groups in total. The molecule has 2 heteroatoms. The Balaban J connectivity index is 4.64. The molecule has 0 aromatic heterocycles. The number of allylic oxidation sites excluding steroid dienone is 3. The van der Waals surface area contributed by atoms with E-state index >= 15 is 0 Å². The van der Waals surface area contributed by atoms with Crippen LogP contribution in [0.25, 0.3) is 0 Å². The second kappa shape index (κ2) is 5.35.